The molecule has 0 radical (unpaired) electrons. The van der Waals surface area contributed by atoms with Crippen molar-refractivity contribution in [3.8, 4) is 5.75 Å². The van der Waals surface area contributed by atoms with Gasteiger partial charge in [-0.2, -0.15) is 0 Å². The number of non-ortho nitro benzene ring substituents is 1. The highest BCUT2D eigenvalue weighted by molar-refractivity contribution is 9.10. The quantitative estimate of drug-likeness (QED) is 0.605. The third kappa shape index (κ3) is 3.93. The number of nitro groups is 1. The molecule has 1 fully saturated rings. The normalized spacial score (nSPS) is 19.8. The highest BCUT2D eigenvalue weighted by Gasteiger charge is 2.18. The lowest BCUT2D eigenvalue weighted by Gasteiger charge is -2.33. The number of benzene rings is 1. The van der Waals surface area contributed by atoms with E-state index in [4.69, 9.17) is 4.74 Å². The Bertz CT molecular complexity index is 481. The van der Waals surface area contributed by atoms with E-state index in [9.17, 15) is 10.1 Å². The Morgan fingerprint density at radius 2 is 2.30 bits per heavy atom. The molecule has 0 aromatic heterocycles. The smallest absolute Gasteiger partial charge is 0.270 e. The Balaban J connectivity index is 1.86. The molecule has 1 atom stereocenters. The van der Waals surface area contributed by atoms with Crippen LogP contribution in [0.15, 0.2) is 22.7 Å². The summed E-state index contributed by atoms with van der Waals surface area (Å²) in [5.41, 5.74) is 0.0638. The van der Waals surface area contributed by atoms with E-state index in [1.54, 1.807) is 6.07 Å². The third-order valence-electron chi connectivity index (χ3n) is 3.70. The molecule has 6 heteroatoms. The van der Waals surface area contributed by atoms with Gasteiger partial charge in [0.1, 0.15) is 12.4 Å². The summed E-state index contributed by atoms with van der Waals surface area (Å²) < 4.78 is 6.33. The van der Waals surface area contributed by atoms with E-state index in [1.807, 2.05) is 0 Å². The van der Waals surface area contributed by atoms with Gasteiger partial charge in [-0.1, -0.05) is 6.42 Å². The van der Waals surface area contributed by atoms with Crippen molar-refractivity contribution in [1.29, 1.82) is 0 Å². The van der Waals surface area contributed by atoms with Crippen molar-refractivity contribution in [2.75, 3.05) is 19.7 Å². The van der Waals surface area contributed by atoms with Crippen molar-refractivity contribution in [3.05, 3.63) is 32.8 Å². The molecule has 1 aromatic rings. The molecule has 0 amide bonds. The lowest BCUT2D eigenvalue weighted by molar-refractivity contribution is -0.385. The Kier molecular flexibility index (Phi) is 5.37. The van der Waals surface area contributed by atoms with Crippen LogP contribution in [0.4, 0.5) is 5.69 Å². The first kappa shape index (κ1) is 15.3. The molecule has 1 saturated heterocycles. The number of hydrogen-bond acceptors (Lipinski definition) is 4. The number of likely N-dealkylation sites (tertiary alicyclic amines) is 1. The van der Waals surface area contributed by atoms with Gasteiger partial charge in [0, 0.05) is 24.7 Å². The van der Waals surface area contributed by atoms with E-state index in [-0.39, 0.29) is 5.69 Å². The van der Waals surface area contributed by atoms with Gasteiger partial charge >= 0.3 is 0 Å². The van der Waals surface area contributed by atoms with Gasteiger partial charge in [-0.3, -0.25) is 15.0 Å². The maximum absolute atomic E-state index is 10.7. The molecule has 1 heterocycles. The van der Waals surface area contributed by atoms with Crippen LogP contribution in [0.2, 0.25) is 0 Å². The summed E-state index contributed by atoms with van der Waals surface area (Å²) in [6.07, 6.45) is 3.82. The Morgan fingerprint density at radius 3 is 2.95 bits per heavy atom. The summed E-state index contributed by atoms with van der Waals surface area (Å²) in [5, 5.41) is 10.7. The van der Waals surface area contributed by atoms with Crippen LogP contribution in [0.3, 0.4) is 0 Å². The van der Waals surface area contributed by atoms with E-state index in [2.05, 4.69) is 27.8 Å². The van der Waals surface area contributed by atoms with Gasteiger partial charge in [-0.05, 0) is 48.3 Å². The van der Waals surface area contributed by atoms with Crippen molar-refractivity contribution in [2.45, 2.75) is 32.2 Å². The maximum atomic E-state index is 10.7. The Labute approximate surface area is 127 Å². The molecule has 20 heavy (non-hydrogen) atoms. The van der Waals surface area contributed by atoms with E-state index in [0.717, 1.165) is 13.1 Å². The average Bonchev–Trinajstić information content (AvgIpc) is 2.42. The van der Waals surface area contributed by atoms with Gasteiger partial charge in [0.2, 0.25) is 0 Å². The Morgan fingerprint density at radius 1 is 1.50 bits per heavy atom. The lowest BCUT2D eigenvalue weighted by Crippen LogP contribution is -2.39. The zero-order chi connectivity index (χ0) is 14.5. The van der Waals surface area contributed by atoms with Crippen molar-refractivity contribution >= 4 is 21.6 Å². The van der Waals surface area contributed by atoms with Gasteiger partial charge < -0.3 is 4.74 Å². The maximum Gasteiger partial charge on any atom is 0.270 e. The second-order valence-corrected chi connectivity index (χ2v) is 5.96. The summed E-state index contributed by atoms with van der Waals surface area (Å²) in [7, 11) is 0. The third-order valence-corrected chi connectivity index (χ3v) is 4.32. The number of hydrogen-bond donors (Lipinski definition) is 0. The summed E-state index contributed by atoms with van der Waals surface area (Å²) in [4.78, 5) is 12.7. The molecule has 0 saturated carbocycles. The molecule has 1 aliphatic heterocycles. The highest BCUT2D eigenvalue weighted by Crippen LogP contribution is 2.29. The minimum Gasteiger partial charge on any atom is -0.491 e. The monoisotopic (exact) mass is 342 g/mol. The Hall–Kier alpha value is -1.14. The van der Waals surface area contributed by atoms with Gasteiger partial charge in [0.25, 0.3) is 5.69 Å². The molecule has 110 valence electrons. The standard InChI is InChI=1S/C14H19BrN2O3/c1-11-4-2-3-7-16(11)8-9-20-14-6-5-12(17(18)19)10-13(14)15/h5-6,10-11H,2-4,7-9H2,1H3. The number of piperidine rings is 1. The number of nitro benzene ring substituents is 1. The van der Waals surface area contributed by atoms with E-state index < -0.39 is 4.92 Å². The predicted octanol–water partition coefficient (Wildman–Crippen LogP) is 3.61. The van der Waals surface area contributed by atoms with Crippen LogP contribution in [0, 0.1) is 10.1 Å². The van der Waals surface area contributed by atoms with Crippen LogP contribution in [0.5, 0.6) is 5.75 Å². The molecule has 0 bridgehead atoms. The van der Waals surface area contributed by atoms with E-state index in [1.165, 1.54) is 31.4 Å². The van der Waals surface area contributed by atoms with Crippen molar-refractivity contribution in [2.24, 2.45) is 0 Å². The number of rotatable bonds is 5. The van der Waals surface area contributed by atoms with Gasteiger partial charge in [0.15, 0.2) is 0 Å². The fourth-order valence-electron chi connectivity index (χ4n) is 2.48. The van der Waals surface area contributed by atoms with Crippen LogP contribution >= 0.6 is 15.9 Å². The highest BCUT2D eigenvalue weighted by atomic mass is 79.9. The molecular formula is C14H19BrN2O3. The van der Waals surface area contributed by atoms with Gasteiger partial charge in [0.05, 0.1) is 9.40 Å². The lowest BCUT2D eigenvalue weighted by atomic mass is 10.0. The van der Waals surface area contributed by atoms with Crippen molar-refractivity contribution < 1.29 is 9.66 Å². The fourth-order valence-corrected chi connectivity index (χ4v) is 2.96. The zero-order valence-corrected chi connectivity index (χ0v) is 13.1. The number of halogens is 1. The van der Waals surface area contributed by atoms with Crippen molar-refractivity contribution in [1.82, 2.24) is 4.90 Å². The van der Waals surface area contributed by atoms with E-state index in [0.29, 0.717) is 22.9 Å². The molecule has 1 unspecified atom stereocenters. The molecular weight excluding hydrogens is 324 g/mol. The van der Waals surface area contributed by atoms with Crippen molar-refractivity contribution in [3.63, 3.8) is 0 Å². The van der Waals surface area contributed by atoms with E-state index >= 15 is 0 Å². The molecule has 1 aliphatic rings. The first-order valence-corrected chi connectivity index (χ1v) is 7.68. The minimum atomic E-state index is -0.413. The summed E-state index contributed by atoms with van der Waals surface area (Å²) in [6.45, 7) is 4.87. The second-order valence-electron chi connectivity index (χ2n) is 5.10. The molecule has 0 spiro atoms. The number of nitrogens with zero attached hydrogens (tertiary/aromatic N) is 2. The molecule has 2 rings (SSSR count). The van der Waals surface area contributed by atoms with Crippen LogP contribution < -0.4 is 4.74 Å². The first-order valence-electron chi connectivity index (χ1n) is 6.88. The number of ether oxygens (including phenoxy) is 1. The molecule has 1 aromatic carbocycles. The van der Waals surface area contributed by atoms with Crippen LogP contribution in [0.1, 0.15) is 26.2 Å². The zero-order valence-electron chi connectivity index (χ0n) is 11.5. The summed E-state index contributed by atoms with van der Waals surface area (Å²) in [5.74, 6) is 0.653. The van der Waals surface area contributed by atoms with Crippen LogP contribution in [-0.4, -0.2) is 35.6 Å². The SMILES string of the molecule is CC1CCCCN1CCOc1ccc([N+](=O)[O-])cc1Br. The summed E-state index contributed by atoms with van der Waals surface area (Å²) in [6, 6.07) is 5.19. The molecule has 5 nitrogen and oxygen atoms in total. The first-order chi connectivity index (χ1) is 9.58. The second kappa shape index (κ2) is 7.04. The molecule has 0 aliphatic carbocycles. The van der Waals surface area contributed by atoms with Crippen LogP contribution in [0.25, 0.3) is 0 Å². The predicted molar refractivity (Wildman–Crippen MR) is 81.2 cm³/mol. The topological polar surface area (TPSA) is 55.6 Å². The fraction of sp³-hybridized carbons (Fsp3) is 0.571. The minimum absolute atomic E-state index is 0.0638. The average molecular weight is 343 g/mol. The van der Waals surface area contributed by atoms with Crippen LogP contribution in [-0.2, 0) is 0 Å². The van der Waals surface area contributed by atoms with Gasteiger partial charge in [-0.25, -0.2) is 0 Å². The largest absolute Gasteiger partial charge is 0.491 e. The van der Waals surface area contributed by atoms with Gasteiger partial charge in [-0.15, -0.1) is 0 Å². The molecule has 0 N–H and O–H groups in total. The summed E-state index contributed by atoms with van der Waals surface area (Å²) >= 11 is 3.31.